The van der Waals surface area contributed by atoms with Crippen molar-refractivity contribution in [1.82, 2.24) is 0 Å². The van der Waals surface area contributed by atoms with Crippen molar-refractivity contribution in [1.29, 1.82) is 0 Å². The van der Waals surface area contributed by atoms with E-state index in [1.165, 1.54) is 0 Å². The molecule has 0 heterocycles. The molecule has 0 aromatic carbocycles. The molecule has 0 saturated heterocycles. The highest BCUT2D eigenvalue weighted by Gasteiger charge is 2.30. The van der Waals surface area contributed by atoms with Crippen molar-refractivity contribution in [2.45, 2.75) is 19.3 Å². The van der Waals surface area contributed by atoms with Crippen molar-refractivity contribution in [3.63, 3.8) is 0 Å². The van der Waals surface area contributed by atoms with Crippen LogP contribution in [0, 0.1) is 11.8 Å². The second-order valence-corrected chi connectivity index (χ2v) is 3.09. The summed E-state index contributed by atoms with van der Waals surface area (Å²) >= 11 is 0. The maximum Gasteiger partial charge on any atom is 0.138 e. The first kappa shape index (κ1) is 8.68. The molecular formula is C8H14O3. The van der Waals surface area contributed by atoms with Gasteiger partial charge >= 0.3 is 0 Å². The lowest BCUT2D eigenvalue weighted by Crippen LogP contribution is -2.33. The molecule has 0 aromatic heterocycles. The van der Waals surface area contributed by atoms with Crippen LogP contribution in [-0.2, 0) is 4.79 Å². The molecule has 1 fully saturated rings. The van der Waals surface area contributed by atoms with Gasteiger partial charge in [0.2, 0.25) is 0 Å². The molecular weight excluding hydrogens is 144 g/mol. The monoisotopic (exact) mass is 158 g/mol. The van der Waals surface area contributed by atoms with Crippen LogP contribution in [0.1, 0.15) is 19.3 Å². The summed E-state index contributed by atoms with van der Waals surface area (Å²) in [6.07, 6.45) is 2.30. The molecule has 1 aliphatic carbocycles. The summed E-state index contributed by atoms with van der Waals surface area (Å²) in [6, 6.07) is 0. The van der Waals surface area contributed by atoms with Crippen LogP contribution >= 0.6 is 0 Å². The number of hydrogen-bond acceptors (Lipinski definition) is 3. The Balaban J connectivity index is 2.56. The van der Waals surface area contributed by atoms with Crippen molar-refractivity contribution >= 4 is 5.78 Å². The number of hydrogen-bond donors (Lipinski definition) is 2. The predicted octanol–water partition coefficient (Wildman–Crippen LogP) is -0.0436. The number of aliphatic hydroxyl groups is 2. The Morgan fingerprint density at radius 3 is 2.55 bits per heavy atom. The first-order valence-electron chi connectivity index (χ1n) is 4.04. The highest BCUT2D eigenvalue weighted by atomic mass is 16.3. The van der Waals surface area contributed by atoms with Crippen LogP contribution in [0.5, 0.6) is 0 Å². The summed E-state index contributed by atoms with van der Waals surface area (Å²) in [5.74, 6) is -0.187. The molecule has 2 N–H and O–H groups in total. The highest BCUT2D eigenvalue weighted by molar-refractivity contribution is 5.82. The van der Waals surface area contributed by atoms with Crippen molar-refractivity contribution in [3.05, 3.63) is 0 Å². The van der Waals surface area contributed by atoms with E-state index in [4.69, 9.17) is 10.2 Å². The Kier molecular flexibility index (Phi) is 3.02. The minimum absolute atomic E-state index is 0.00116. The van der Waals surface area contributed by atoms with Crippen molar-refractivity contribution in [3.8, 4) is 0 Å². The zero-order valence-electron chi connectivity index (χ0n) is 6.49. The molecule has 3 nitrogen and oxygen atoms in total. The predicted molar refractivity (Wildman–Crippen MR) is 40.0 cm³/mol. The zero-order chi connectivity index (χ0) is 8.27. The van der Waals surface area contributed by atoms with E-state index in [2.05, 4.69) is 0 Å². The van der Waals surface area contributed by atoms with Gasteiger partial charge < -0.3 is 10.2 Å². The fourth-order valence-electron chi connectivity index (χ4n) is 1.66. The lowest BCUT2D eigenvalue weighted by atomic mass is 9.79. The van der Waals surface area contributed by atoms with Gasteiger partial charge in [0.15, 0.2) is 0 Å². The largest absolute Gasteiger partial charge is 0.396 e. The zero-order valence-corrected chi connectivity index (χ0v) is 6.49. The highest BCUT2D eigenvalue weighted by Crippen LogP contribution is 2.26. The molecule has 1 aliphatic rings. The summed E-state index contributed by atoms with van der Waals surface area (Å²) in [6.45, 7) is -0.0823. The van der Waals surface area contributed by atoms with Crippen LogP contribution < -0.4 is 0 Å². The Hall–Kier alpha value is -0.410. The van der Waals surface area contributed by atoms with Crippen LogP contribution in [0.3, 0.4) is 0 Å². The minimum Gasteiger partial charge on any atom is -0.396 e. The van der Waals surface area contributed by atoms with Crippen molar-refractivity contribution in [2.75, 3.05) is 13.2 Å². The van der Waals surface area contributed by atoms with E-state index >= 15 is 0 Å². The van der Waals surface area contributed by atoms with Gasteiger partial charge in [-0.1, -0.05) is 0 Å². The maximum absolute atomic E-state index is 11.1. The second-order valence-electron chi connectivity index (χ2n) is 3.09. The van der Waals surface area contributed by atoms with Gasteiger partial charge in [-0.2, -0.15) is 0 Å². The summed E-state index contributed by atoms with van der Waals surface area (Å²) in [5, 5.41) is 17.7. The summed E-state index contributed by atoms with van der Waals surface area (Å²) in [5.41, 5.74) is 0. The molecule has 1 saturated carbocycles. The lowest BCUT2D eigenvalue weighted by molar-refractivity contribution is -0.129. The molecule has 0 aromatic rings. The number of rotatable bonds is 2. The average molecular weight is 158 g/mol. The third kappa shape index (κ3) is 1.79. The van der Waals surface area contributed by atoms with Crippen molar-refractivity contribution in [2.24, 2.45) is 11.8 Å². The van der Waals surface area contributed by atoms with E-state index < -0.39 is 0 Å². The number of carbonyl (C=O) groups excluding carboxylic acids is 1. The molecule has 0 aliphatic heterocycles. The Morgan fingerprint density at radius 2 is 2.09 bits per heavy atom. The fourth-order valence-corrected chi connectivity index (χ4v) is 1.66. The average Bonchev–Trinajstić information content (AvgIpc) is 2.04. The molecule has 3 heteroatoms. The minimum atomic E-state index is -0.297. The lowest BCUT2D eigenvalue weighted by Gasteiger charge is -2.26. The molecule has 0 amide bonds. The van der Waals surface area contributed by atoms with Gasteiger partial charge in [-0.25, -0.2) is 0 Å². The molecule has 2 atom stereocenters. The van der Waals surface area contributed by atoms with Gasteiger partial charge in [0.1, 0.15) is 5.78 Å². The molecule has 1 rings (SSSR count). The van der Waals surface area contributed by atoms with Gasteiger partial charge in [0, 0.05) is 18.9 Å². The molecule has 0 radical (unpaired) electrons. The van der Waals surface area contributed by atoms with E-state index in [9.17, 15) is 4.79 Å². The van der Waals surface area contributed by atoms with Crippen molar-refractivity contribution < 1.29 is 15.0 Å². The van der Waals surface area contributed by atoms with E-state index in [-0.39, 0.29) is 30.8 Å². The summed E-state index contributed by atoms with van der Waals surface area (Å²) < 4.78 is 0. The SMILES string of the molecule is O=C1CCCC(CO)C1CO. The van der Waals surface area contributed by atoms with E-state index in [0.29, 0.717) is 6.42 Å². The first-order chi connectivity index (χ1) is 5.29. The summed E-state index contributed by atoms with van der Waals surface area (Å²) in [7, 11) is 0. The van der Waals surface area contributed by atoms with Gasteiger partial charge in [0.25, 0.3) is 0 Å². The fraction of sp³-hybridized carbons (Fsp3) is 0.875. The van der Waals surface area contributed by atoms with Crippen LogP contribution in [0.4, 0.5) is 0 Å². The number of carbonyl (C=O) groups is 1. The quantitative estimate of drug-likeness (QED) is 0.592. The second kappa shape index (κ2) is 3.83. The summed E-state index contributed by atoms with van der Waals surface area (Å²) in [4.78, 5) is 11.1. The third-order valence-corrected chi connectivity index (χ3v) is 2.41. The van der Waals surface area contributed by atoms with Gasteiger partial charge in [-0.3, -0.25) is 4.79 Å². The standard InChI is InChI=1S/C8H14O3/c9-4-6-2-1-3-8(11)7(6)5-10/h6-7,9-10H,1-5H2. The molecule has 11 heavy (non-hydrogen) atoms. The number of aliphatic hydroxyl groups excluding tert-OH is 2. The van der Waals surface area contributed by atoms with E-state index in [0.717, 1.165) is 12.8 Å². The first-order valence-corrected chi connectivity index (χ1v) is 4.04. The van der Waals surface area contributed by atoms with Gasteiger partial charge in [-0.05, 0) is 18.8 Å². The molecule has 64 valence electrons. The van der Waals surface area contributed by atoms with Gasteiger partial charge in [0.05, 0.1) is 6.61 Å². The maximum atomic E-state index is 11.1. The van der Waals surface area contributed by atoms with E-state index in [1.54, 1.807) is 0 Å². The van der Waals surface area contributed by atoms with Crippen LogP contribution in [0.2, 0.25) is 0 Å². The van der Waals surface area contributed by atoms with E-state index in [1.807, 2.05) is 0 Å². The third-order valence-electron chi connectivity index (χ3n) is 2.41. The van der Waals surface area contributed by atoms with Crippen LogP contribution in [0.25, 0.3) is 0 Å². The Bertz CT molecular complexity index is 144. The number of ketones is 1. The topological polar surface area (TPSA) is 57.5 Å². The van der Waals surface area contributed by atoms with Gasteiger partial charge in [-0.15, -0.1) is 0 Å². The molecule has 0 spiro atoms. The molecule has 2 unspecified atom stereocenters. The Labute approximate surface area is 66.0 Å². The number of Topliss-reactive ketones (excluding diaryl/α,β-unsaturated/α-hetero) is 1. The van der Waals surface area contributed by atoms with Crippen LogP contribution in [-0.4, -0.2) is 29.2 Å². The molecule has 0 bridgehead atoms. The van der Waals surface area contributed by atoms with Crippen LogP contribution in [0.15, 0.2) is 0 Å². The smallest absolute Gasteiger partial charge is 0.138 e. The Morgan fingerprint density at radius 1 is 1.36 bits per heavy atom. The normalized spacial score (nSPS) is 32.4.